The third-order valence-corrected chi connectivity index (χ3v) is 3.25. The normalized spacial score (nSPS) is 10.3. The van der Waals surface area contributed by atoms with Gasteiger partial charge < -0.3 is 15.3 Å². The molecule has 0 aliphatic heterocycles. The van der Waals surface area contributed by atoms with Crippen LogP contribution in [0.5, 0.6) is 0 Å². The molecule has 0 aliphatic carbocycles. The van der Waals surface area contributed by atoms with Crippen LogP contribution >= 0.6 is 11.3 Å². The van der Waals surface area contributed by atoms with Gasteiger partial charge >= 0.3 is 0 Å². The molecule has 0 aliphatic rings. The smallest absolute Gasteiger partial charge is 0.284 e. The van der Waals surface area contributed by atoms with Crippen LogP contribution in [0.2, 0.25) is 0 Å². The average Bonchev–Trinajstić information content (AvgIpc) is 2.82. The third kappa shape index (κ3) is 4.27. The third-order valence-electron chi connectivity index (χ3n) is 2.32. The van der Waals surface area contributed by atoms with E-state index in [-0.39, 0.29) is 12.5 Å². The predicted octanol–water partition coefficient (Wildman–Crippen LogP) is 0.814. The minimum atomic E-state index is -0.104. The minimum absolute atomic E-state index is 0.104. The number of rotatable bonds is 7. The van der Waals surface area contributed by atoms with Crippen LogP contribution in [0.4, 0.5) is 5.13 Å². The SMILES string of the molecule is CNc1nnc(C(=O)N(C)CCCCCO)s1. The highest BCUT2D eigenvalue weighted by molar-refractivity contribution is 7.17. The van der Waals surface area contributed by atoms with Crippen molar-refractivity contribution in [2.45, 2.75) is 19.3 Å². The Bertz CT molecular complexity index is 356. The summed E-state index contributed by atoms with van der Waals surface area (Å²) in [5.41, 5.74) is 0. The van der Waals surface area contributed by atoms with Crippen LogP contribution in [0.3, 0.4) is 0 Å². The van der Waals surface area contributed by atoms with Crippen molar-refractivity contribution < 1.29 is 9.90 Å². The molecule has 0 unspecified atom stereocenters. The lowest BCUT2D eigenvalue weighted by Crippen LogP contribution is -2.27. The van der Waals surface area contributed by atoms with E-state index >= 15 is 0 Å². The van der Waals surface area contributed by atoms with Gasteiger partial charge in [-0.15, -0.1) is 10.2 Å². The zero-order valence-electron chi connectivity index (χ0n) is 10.1. The van der Waals surface area contributed by atoms with Gasteiger partial charge in [-0.1, -0.05) is 11.3 Å². The first-order valence-corrected chi connectivity index (χ1v) is 6.38. The van der Waals surface area contributed by atoms with Crippen LogP contribution < -0.4 is 5.32 Å². The summed E-state index contributed by atoms with van der Waals surface area (Å²) in [5, 5.41) is 20.2. The summed E-state index contributed by atoms with van der Waals surface area (Å²) in [6.45, 7) is 0.882. The van der Waals surface area contributed by atoms with Crippen molar-refractivity contribution in [1.82, 2.24) is 15.1 Å². The van der Waals surface area contributed by atoms with Crippen molar-refractivity contribution in [1.29, 1.82) is 0 Å². The molecule has 17 heavy (non-hydrogen) atoms. The molecule has 0 fully saturated rings. The zero-order chi connectivity index (χ0) is 12.7. The number of aliphatic hydroxyl groups is 1. The van der Waals surface area contributed by atoms with Gasteiger partial charge in [0, 0.05) is 27.2 Å². The second-order valence-electron chi connectivity index (χ2n) is 3.67. The van der Waals surface area contributed by atoms with Gasteiger partial charge in [-0.25, -0.2) is 0 Å². The maximum Gasteiger partial charge on any atom is 0.284 e. The fourth-order valence-electron chi connectivity index (χ4n) is 1.31. The highest BCUT2D eigenvalue weighted by Crippen LogP contribution is 2.15. The van der Waals surface area contributed by atoms with Gasteiger partial charge in [-0.2, -0.15) is 0 Å². The van der Waals surface area contributed by atoms with Crippen LogP contribution in [-0.2, 0) is 0 Å². The molecule has 1 heterocycles. The largest absolute Gasteiger partial charge is 0.396 e. The van der Waals surface area contributed by atoms with Crippen molar-refractivity contribution in [2.75, 3.05) is 32.6 Å². The summed E-state index contributed by atoms with van der Waals surface area (Å²) >= 11 is 1.25. The summed E-state index contributed by atoms with van der Waals surface area (Å²) in [6.07, 6.45) is 2.59. The van der Waals surface area contributed by atoms with E-state index in [0.29, 0.717) is 16.7 Å². The lowest BCUT2D eigenvalue weighted by molar-refractivity contribution is 0.0791. The first-order valence-electron chi connectivity index (χ1n) is 5.56. The number of nitrogens with zero attached hydrogens (tertiary/aromatic N) is 3. The molecule has 0 saturated carbocycles. The van der Waals surface area contributed by atoms with Crippen LogP contribution in [0.1, 0.15) is 29.1 Å². The number of hydrogen-bond donors (Lipinski definition) is 2. The predicted molar refractivity (Wildman–Crippen MR) is 67.4 cm³/mol. The van der Waals surface area contributed by atoms with E-state index in [0.717, 1.165) is 19.3 Å². The Hall–Kier alpha value is -1.21. The van der Waals surface area contributed by atoms with Gasteiger partial charge in [-0.3, -0.25) is 4.79 Å². The van der Waals surface area contributed by atoms with Gasteiger partial charge in [0.25, 0.3) is 5.91 Å². The second-order valence-corrected chi connectivity index (χ2v) is 4.65. The van der Waals surface area contributed by atoms with Crippen molar-refractivity contribution in [3.8, 4) is 0 Å². The fraction of sp³-hybridized carbons (Fsp3) is 0.700. The minimum Gasteiger partial charge on any atom is -0.396 e. The van der Waals surface area contributed by atoms with Crippen LogP contribution in [0.15, 0.2) is 0 Å². The lowest BCUT2D eigenvalue weighted by atomic mass is 10.2. The van der Waals surface area contributed by atoms with Crippen LogP contribution in [-0.4, -0.2) is 53.4 Å². The molecular formula is C10H18N4O2S. The van der Waals surface area contributed by atoms with Gasteiger partial charge in [-0.05, 0) is 19.3 Å². The summed E-state index contributed by atoms with van der Waals surface area (Å²) in [7, 11) is 3.50. The molecule has 0 saturated heterocycles. The highest BCUT2D eigenvalue weighted by atomic mass is 32.1. The standard InChI is InChI=1S/C10H18N4O2S/c1-11-10-13-12-8(17-10)9(16)14(2)6-4-3-5-7-15/h15H,3-7H2,1-2H3,(H,11,13). The molecule has 0 aromatic carbocycles. The topological polar surface area (TPSA) is 78.4 Å². The number of carbonyl (C=O) groups excluding carboxylic acids is 1. The summed E-state index contributed by atoms with van der Waals surface area (Å²) in [4.78, 5) is 13.5. The summed E-state index contributed by atoms with van der Waals surface area (Å²) in [5.74, 6) is -0.104. The first-order chi connectivity index (χ1) is 8.19. The Balaban J connectivity index is 2.40. The number of nitrogens with one attached hydrogen (secondary N) is 1. The molecule has 0 radical (unpaired) electrons. The quantitative estimate of drug-likeness (QED) is 0.708. The average molecular weight is 258 g/mol. The molecule has 1 rings (SSSR count). The van der Waals surface area contributed by atoms with Crippen molar-refractivity contribution in [3.05, 3.63) is 5.01 Å². The van der Waals surface area contributed by atoms with Gasteiger partial charge in [0.05, 0.1) is 0 Å². The molecule has 0 bridgehead atoms. The molecule has 1 amide bonds. The van der Waals surface area contributed by atoms with Crippen LogP contribution in [0.25, 0.3) is 0 Å². The van der Waals surface area contributed by atoms with Crippen molar-refractivity contribution in [2.24, 2.45) is 0 Å². The molecular weight excluding hydrogens is 240 g/mol. The monoisotopic (exact) mass is 258 g/mol. The Kier molecular flexibility index (Phi) is 5.85. The number of carbonyl (C=O) groups is 1. The maximum absolute atomic E-state index is 11.9. The van der Waals surface area contributed by atoms with Crippen molar-refractivity contribution in [3.63, 3.8) is 0 Å². The van der Waals surface area contributed by atoms with Gasteiger partial charge in [0.2, 0.25) is 10.1 Å². The molecule has 0 atom stereocenters. The molecule has 0 spiro atoms. The maximum atomic E-state index is 11.9. The number of aliphatic hydroxyl groups excluding tert-OH is 1. The summed E-state index contributed by atoms with van der Waals surface area (Å²) in [6, 6.07) is 0. The van der Waals surface area contributed by atoms with Crippen molar-refractivity contribution >= 4 is 22.4 Å². The second kappa shape index (κ2) is 7.18. The van der Waals surface area contributed by atoms with E-state index < -0.39 is 0 Å². The van der Waals surface area contributed by atoms with Crippen LogP contribution in [0, 0.1) is 0 Å². The number of anilines is 1. The van der Waals surface area contributed by atoms with E-state index in [2.05, 4.69) is 15.5 Å². The number of amides is 1. The summed E-state index contributed by atoms with van der Waals surface area (Å²) < 4.78 is 0. The fourth-order valence-corrected chi connectivity index (χ4v) is 2.00. The van der Waals surface area contributed by atoms with E-state index in [1.54, 1.807) is 19.0 Å². The number of unbranched alkanes of at least 4 members (excludes halogenated alkanes) is 2. The number of hydrogen-bond acceptors (Lipinski definition) is 6. The molecule has 96 valence electrons. The van der Waals surface area contributed by atoms with Gasteiger partial charge in [0.1, 0.15) is 0 Å². The number of aromatic nitrogens is 2. The Morgan fingerprint density at radius 2 is 2.18 bits per heavy atom. The lowest BCUT2D eigenvalue weighted by Gasteiger charge is -2.14. The molecule has 1 aromatic heterocycles. The van der Waals surface area contributed by atoms with E-state index in [4.69, 9.17) is 5.11 Å². The van der Waals surface area contributed by atoms with E-state index in [1.807, 2.05) is 0 Å². The molecule has 1 aromatic rings. The van der Waals surface area contributed by atoms with E-state index in [9.17, 15) is 4.79 Å². The molecule has 6 nitrogen and oxygen atoms in total. The molecule has 7 heteroatoms. The molecule has 2 N–H and O–H groups in total. The van der Waals surface area contributed by atoms with E-state index in [1.165, 1.54) is 11.3 Å². The zero-order valence-corrected chi connectivity index (χ0v) is 11.0. The Morgan fingerprint density at radius 3 is 2.76 bits per heavy atom. The highest BCUT2D eigenvalue weighted by Gasteiger charge is 2.16. The Morgan fingerprint density at radius 1 is 1.41 bits per heavy atom. The first kappa shape index (κ1) is 13.9. The Labute approximate surface area is 105 Å². The van der Waals surface area contributed by atoms with Gasteiger partial charge in [0.15, 0.2) is 0 Å².